The third-order valence-electron chi connectivity index (χ3n) is 3.04. The summed E-state index contributed by atoms with van der Waals surface area (Å²) in [6.07, 6.45) is 0. The molecule has 0 amide bonds. The molecule has 21 heavy (non-hydrogen) atoms. The van der Waals surface area contributed by atoms with Gasteiger partial charge < -0.3 is 5.32 Å². The molecular weight excluding hydrogens is 427 g/mol. The van der Waals surface area contributed by atoms with Gasteiger partial charge in [0.25, 0.3) is 0 Å². The van der Waals surface area contributed by atoms with Gasteiger partial charge in [-0.05, 0) is 68.2 Å². The van der Waals surface area contributed by atoms with Crippen LogP contribution in [0.2, 0.25) is 5.02 Å². The molecule has 6 heteroatoms. The van der Waals surface area contributed by atoms with Crippen molar-refractivity contribution in [2.24, 2.45) is 0 Å². The zero-order valence-electron chi connectivity index (χ0n) is 11.1. The first kappa shape index (κ1) is 16.9. The third kappa shape index (κ3) is 3.83. The molecule has 0 saturated carbocycles. The predicted molar refractivity (Wildman–Crippen MR) is 88.7 cm³/mol. The van der Waals surface area contributed by atoms with Crippen molar-refractivity contribution in [3.8, 4) is 0 Å². The van der Waals surface area contributed by atoms with Gasteiger partial charge in [0, 0.05) is 10.0 Å². The van der Waals surface area contributed by atoms with E-state index in [0.717, 1.165) is 16.1 Å². The quantitative estimate of drug-likeness (QED) is 0.590. The summed E-state index contributed by atoms with van der Waals surface area (Å²) < 4.78 is 28.8. The molecule has 2 aromatic rings. The number of hydrogen-bond acceptors (Lipinski definition) is 1. The third-order valence-corrected chi connectivity index (χ3v) is 4.88. The van der Waals surface area contributed by atoms with Gasteiger partial charge in [0.05, 0.1) is 15.5 Å². The molecule has 1 unspecified atom stereocenters. The van der Waals surface area contributed by atoms with Crippen LogP contribution in [0.4, 0.5) is 8.78 Å². The van der Waals surface area contributed by atoms with E-state index in [0.29, 0.717) is 11.6 Å². The summed E-state index contributed by atoms with van der Waals surface area (Å²) in [7, 11) is 0. The van der Waals surface area contributed by atoms with Crippen molar-refractivity contribution in [1.29, 1.82) is 0 Å². The van der Waals surface area contributed by atoms with Gasteiger partial charge in [-0.2, -0.15) is 0 Å². The van der Waals surface area contributed by atoms with E-state index in [1.54, 1.807) is 12.1 Å². The molecule has 0 aromatic heterocycles. The average Bonchev–Trinajstić information content (AvgIpc) is 2.44. The second-order valence-corrected chi connectivity index (χ2v) is 6.57. The maximum atomic E-state index is 14.2. The number of halogens is 5. The molecule has 112 valence electrons. The minimum atomic E-state index is -0.502. The van der Waals surface area contributed by atoms with Crippen molar-refractivity contribution < 1.29 is 8.78 Å². The van der Waals surface area contributed by atoms with Gasteiger partial charge in [0.15, 0.2) is 0 Å². The Kier molecular flexibility index (Phi) is 5.77. The van der Waals surface area contributed by atoms with E-state index in [2.05, 4.69) is 37.2 Å². The van der Waals surface area contributed by atoms with Crippen LogP contribution in [0.1, 0.15) is 24.1 Å². The lowest BCUT2D eigenvalue weighted by atomic mass is 9.98. The van der Waals surface area contributed by atoms with Crippen molar-refractivity contribution >= 4 is 43.5 Å². The molecule has 0 bridgehead atoms. The summed E-state index contributed by atoms with van der Waals surface area (Å²) in [6, 6.07) is 7.21. The fourth-order valence-corrected chi connectivity index (χ4v) is 2.81. The summed E-state index contributed by atoms with van der Waals surface area (Å²) in [5.74, 6) is -0.981. The van der Waals surface area contributed by atoms with E-state index in [4.69, 9.17) is 11.6 Å². The largest absolute Gasteiger partial charge is 0.306 e. The van der Waals surface area contributed by atoms with E-state index in [1.165, 1.54) is 6.07 Å². The van der Waals surface area contributed by atoms with Crippen LogP contribution < -0.4 is 5.32 Å². The minimum Gasteiger partial charge on any atom is -0.306 e. The Morgan fingerprint density at radius 3 is 2.43 bits per heavy atom. The highest BCUT2D eigenvalue weighted by molar-refractivity contribution is 9.10. The summed E-state index contributed by atoms with van der Waals surface area (Å²) in [6.45, 7) is 2.51. The lowest BCUT2D eigenvalue weighted by Gasteiger charge is -2.20. The second kappa shape index (κ2) is 7.18. The fraction of sp³-hybridized carbons (Fsp3) is 0.200. The van der Waals surface area contributed by atoms with Crippen molar-refractivity contribution in [2.75, 3.05) is 6.54 Å². The lowest BCUT2D eigenvalue weighted by Crippen LogP contribution is -2.23. The van der Waals surface area contributed by atoms with E-state index in [9.17, 15) is 8.78 Å². The molecule has 0 fully saturated rings. The number of rotatable bonds is 4. The molecule has 2 rings (SSSR count). The Hall–Kier alpha value is -0.490. The Balaban J connectivity index is 2.52. The Bertz CT molecular complexity index is 664. The van der Waals surface area contributed by atoms with Crippen molar-refractivity contribution in [1.82, 2.24) is 5.32 Å². The smallest absolute Gasteiger partial charge is 0.137 e. The van der Waals surface area contributed by atoms with E-state index >= 15 is 0 Å². The monoisotopic (exact) mass is 437 g/mol. The SMILES string of the molecule is CCNC(c1ccc(Br)c(Cl)c1)c1cc(F)c(Br)cc1F. The van der Waals surface area contributed by atoms with Crippen molar-refractivity contribution in [3.63, 3.8) is 0 Å². The number of hydrogen-bond donors (Lipinski definition) is 1. The van der Waals surface area contributed by atoms with Gasteiger partial charge in [-0.15, -0.1) is 0 Å². The molecule has 0 aliphatic heterocycles. The van der Waals surface area contributed by atoms with E-state index < -0.39 is 17.7 Å². The van der Waals surface area contributed by atoms with Gasteiger partial charge in [0.1, 0.15) is 11.6 Å². The normalized spacial score (nSPS) is 12.5. The topological polar surface area (TPSA) is 12.0 Å². The van der Waals surface area contributed by atoms with Crippen LogP contribution in [0.5, 0.6) is 0 Å². The maximum Gasteiger partial charge on any atom is 0.137 e. The zero-order chi connectivity index (χ0) is 15.6. The molecular formula is C15H12Br2ClF2N. The summed E-state index contributed by atoms with van der Waals surface area (Å²) in [5.41, 5.74) is 1.02. The zero-order valence-corrected chi connectivity index (χ0v) is 15.0. The fourth-order valence-electron chi connectivity index (χ4n) is 2.06. The Morgan fingerprint density at radius 2 is 1.81 bits per heavy atom. The maximum absolute atomic E-state index is 14.2. The predicted octanol–water partition coefficient (Wildman–Crippen LogP) is 5.84. The highest BCUT2D eigenvalue weighted by atomic mass is 79.9. The van der Waals surface area contributed by atoms with Gasteiger partial charge in [-0.1, -0.05) is 24.6 Å². The van der Waals surface area contributed by atoms with Crippen molar-refractivity contribution in [2.45, 2.75) is 13.0 Å². The second-order valence-electron chi connectivity index (χ2n) is 4.45. The van der Waals surface area contributed by atoms with E-state index in [-0.39, 0.29) is 10.0 Å². The lowest BCUT2D eigenvalue weighted by molar-refractivity contribution is 0.542. The first-order chi connectivity index (χ1) is 9.93. The van der Waals surface area contributed by atoms with Crippen LogP contribution in [0, 0.1) is 11.6 Å². The number of nitrogens with one attached hydrogen (secondary N) is 1. The molecule has 0 radical (unpaired) electrons. The Labute approximate surface area is 144 Å². The minimum absolute atomic E-state index is 0.104. The molecule has 0 aliphatic rings. The van der Waals surface area contributed by atoms with Crippen LogP contribution in [0.3, 0.4) is 0 Å². The van der Waals surface area contributed by atoms with Crippen LogP contribution in [-0.2, 0) is 0 Å². The van der Waals surface area contributed by atoms with Crippen molar-refractivity contribution in [3.05, 3.63) is 67.1 Å². The highest BCUT2D eigenvalue weighted by Gasteiger charge is 2.20. The molecule has 1 N–H and O–H groups in total. The summed E-state index contributed by atoms with van der Waals surface area (Å²) in [4.78, 5) is 0. The molecule has 0 saturated heterocycles. The summed E-state index contributed by atoms with van der Waals surface area (Å²) in [5, 5.41) is 3.68. The molecule has 0 aliphatic carbocycles. The van der Waals surface area contributed by atoms with Gasteiger partial charge in [-0.25, -0.2) is 8.78 Å². The molecule has 1 atom stereocenters. The van der Waals surface area contributed by atoms with Gasteiger partial charge in [-0.3, -0.25) is 0 Å². The average molecular weight is 440 g/mol. The molecule has 1 nitrogen and oxygen atoms in total. The molecule has 0 heterocycles. The summed E-state index contributed by atoms with van der Waals surface area (Å²) >= 11 is 12.4. The van der Waals surface area contributed by atoms with Crippen LogP contribution >= 0.6 is 43.5 Å². The first-order valence-electron chi connectivity index (χ1n) is 6.26. The van der Waals surface area contributed by atoms with Gasteiger partial charge in [0.2, 0.25) is 0 Å². The van der Waals surface area contributed by atoms with Crippen LogP contribution in [-0.4, -0.2) is 6.54 Å². The first-order valence-corrected chi connectivity index (χ1v) is 8.23. The van der Waals surface area contributed by atoms with Crippen LogP contribution in [0.15, 0.2) is 39.3 Å². The van der Waals surface area contributed by atoms with Gasteiger partial charge >= 0.3 is 0 Å². The Morgan fingerprint density at radius 1 is 1.10 bits per heavy atom. The highest BCUT2D eigenvalue weighted by Crippen LogP contribution is 2.32. The van der Waals surface area contributed by atoms with Crippen LogP contribution in [0.25, 0.3) is 0 Å². The van der Waals surface area contributed by atoms with E-state index in [1.807, 2.05) is 13.0 Å². The molecule has 0 spiro atoms. The molecule has 2 aromatic carbocycles. The number of benzene rings is 2. The standard InChI is InChI=1S/C15H12Br2ClF2N/c1-2-21-15(8-3-4-10(16)12(18)5-8)9-6-14(20)11(17)7-13(9)19/h3-7,15,21H,2H2,1H3.